The molecule has 1 saturated heterocycles. The molecule has 32 heavy (non-hydrogen) atoms. The first-order valence-electron chi connectivity index (χ1n) is 9.76. The van der Waals surface area contributed by atoms with Gasteiger partial charge in [0.05, 0.1) is 24.3 Å². The van der Waals surface area contributed by atoms with Crippen LogP contribution in [0.25, 0.3) is 5.76 Å². The van der Waals surface area contributed by atoms with Crippen LogP contribution in [-0.4, -0.2) is 35.0 Å². The van der Waals surface area contributed by atoms with E-state index in [0.29, 0.717) is 22.6 Å². The van der Waals surface area contributed by atoms with Crippen LogP contribution in [0, 0.1) is 0 Å². The van der Waals surface area contributed by atoms with E-state index in [1.807, 2.05) is 0 Å². The number of carbonyl (C=O) groups excluding carboxylic acids is 2. The minimum absolute atomic E-state index is 0.0475. The van der Waals surface area contributed by atoms with Crippen LogP contribution in [0.15, 0.2) is 84.4 Å². The summed E-state index contributed by atoms with van der Waals surface area (Å²) in [5, 5.41) is 20.2. The molecule has 3 aromatic rings. The number of anilines is 1. The van der Waals surface area contributed by atoms with Gasteiger partial charge in [0.2, 0.25) is 0 Å². The van der Waals surface area contributed by atoms with Crippen molar-refractivity contribution in [2.24, 2.45) is 0 Å². The van der Waals surface area contributed by atoms with Crippen molar-refractivity contribution in [2.75, 3.05) is 12.0 Å². The number of hydrogen-bond donors (Lipinski definition) is 2. The SMILES string of the molecule is COc1ccc(/C(O)=C2\C(=O)C(=O)N(c3ccc(C(=O)O)cc3)[C@H]2c2ccccc2)cc1. The average Bonchev–Trinajstić information content (AvgIpc) is 3.09. The van der Waals surface area contributed by atoms with E-state index in [9.17, 15) is 19.5 Å². The Labute approximate surface area is 183 Å². The Morgan fingerprint density at radius 1 is 0.844 bits per heavy atom. The lowest BCUT2D eigenvalue weighted by molar-refractivity contribution is -0.132. The largest absolute Gasteiger partial charge is 0.507 e. The molecule has 1 fully saturated rings. The highest BCUT2D eigenvalue weighted by Crippen LogP contribution is 2.42. The summed E-state index contributed by atoms with van der Waals surface area (Å²) in [5.74, 6) is -2.45. The summed E-state index contributed by atoms with van der Waals surface area (Å²) < 4.78 is 5.14. The molecule has 0 unspecified atom stereocenters. The van der Waals surface area contributed by atoms with Crippen LogP contribution in [0.2, 0.25) is 0 Å². The number of aliphatic hydroxyl groups excluding tert-OH is 1. The van der Waals surface area contributed by atoms with Gasteiger partial charge in [0.1, 0.15) is 11.5 Å². The zero-order chi connectivity index (χ0) is 22.8. The molecule has 0 spiro atoms. The third kappa shape index (κ3) is 3.60. The number of carboxylic acids is 1. The second-order valence-corrected chi connectivity index (χ2v) is 7.16. The molecule has 0 aromatic heterocycles. The van der Waals surface area contributed by atoms with Crippen LogP contribution >= 0.6 is 0 Å². The van der Waals surface area contributed by atoms with Gasteiger partial charge in [-0.05, 0) is 54.1 Å². The van der Waals surface area contributed by atoms with Crippen LogP contribution in [0.5, 0.6) is 5.75 Å². The first-order chi connectivity index (χ1) is 15.4. The summed E-state index contributed by atoms with van der Waals surface area (Å²) in [7, 11) is 1.52. The number of carbonyl (C=O) groups is 3. The molecule has 1 heterocycles. The van der Waals surface area contributed by atoms with Crippen molar-refractivity contribution in [3.05, 3.63) is 101 Å². The third-order valence-electron chi connectivity index (χ3n) is 5.32. The Morgan fingerprint density at radius 2 is 1.44 bits per heavy atom. The van der Waals surface area contributed by atoms with E-state index in [4.69, 9.17) is 9.84 Å². The number of rotatable bonds is 5. The van der Waals surface area contributed by atoms with Gasteiger partial charge in [0, 0.05) is 11.3 Å². The van der Waals surface area contributed by atoms with Crippen molar-refractivity contribution < 1.29 is 29.3 Å². The molecule has 160 valence electrons. The van der Waals surface area contributed by atoms with Crippen LogP contribution in [-0.2, 0) is 9.59 Å². The second-order valence-electron chi connectivity index (χ2n) is 7.16. The van der Waals surface area contributed by atoms with Crippen LogP contribution < -0.4 is 9.64 Å². The smallest absolute Gasteiger partial charge is 0.335 e. The Hall–Kier alpha value is -4.39. The van der Waals surface area contributed by atoms with E-state index < -0.39 is 23.7 Å². The number of aliphatic hydroxyl groups is 1. The minimum atomic E-state index is -1.10. The second kappa shape index (κ2) is 8.39. The molecule has 0 bridgehead atoms. The number of ketones is 1. The van der Waals surface area contributed by atoms with Gasteiger partial charge in [-0.25, -0.2) is 4.79 Å². The summed E-state index contributed by atoms with van der Waals surface area (Å²) in [6.45, 7) is 0. The molecule has 1 atom stereocenters. The summed E-state index contributed by atoms with van der Waals surface area (Å²) in [4.78, 5) is 38.6. The summed E-state index contributed by atoms with van der Waals surface area (Å²) in [6.07, 6.45) is 0. The average molecular weight is 429 g/mol. The van der Waals surface area contributed by atoms with Gasteiger partial charge < -0.3 is 14.9 Å². The lowest BCUT2D eigenvalue weighted by Gasteiger charge is -2.25. The highest BCUT2D eigenvalue weighted by molar-refractivity contribution is 6.51. The highest BCUT2D eigenvalue weighted by atomic mass is 16.5. The topological polar surface area (TPSA) is 104 Å². The van der Waals surface area contributed by atoms with Gasteiger partial charge in [0.25, 0.3) is 11.7 Å². The molecule has 0 aliphatic carbocycles. The molecule has 1 aliphatic rings. The molecule has 0 saturated carbocycles. The van der Waals surface area contributed by atoms with Gasteiger partial charge in [0.15, 0.2) is 0 Å². The minimum Gasteiger partial charge on any atom is -0.507 e. The number of methoxy groups -OCH3 is 1. The number of hydrogen-bond acceptors (Lipinski definition) is 5. The number of Topliss-reactive ketones (excluding diaryl/α,β-unsaturated/α-hetero) is 1. The van der Waals surface area contributed by atoms with E-state index in [1.54, 1.807) is 54.6 Å². The molecule has 7 nitrogen and oxygen atoms in total. The Balaban J connectivity index is 1.88. The van der Waals surface area contributed by atoms with E-state index in [0.717, 1.165) is 0 Å². The zero-order valence-corrected chi connectivity index (χ0v) is 17.1. The summed E-state index contributed by atoms with van der Waals surface area (Å²) >= 11 is 0. The van der Waals surface area contributed by atoms with E-state index in [2.05, 4.69) is 0 Å². The molecule has 7 heteroatoms. The maximum atomic E-state index is 13.1. The van der Waals surface area contributed by atoms with Crippen molar-refractivity contribution in [1.29, 1.82) is 0 Å². The Bertz CT molecular complexity index is 1210. The van der Waals surface area contributed by atoms with E-state index in [-0.39, 0.29) is 16.9 Å². The normalized spacial score (nSPS) is 17.4. The van der Waals surface area contributed by atoms with Gasteiger partial charge in [-0.3, -0.25) is 14.5 Å². The fourth-order valence-electron chi connectivity index (χ4n) is 3.72. The lowest BCUT2D eigenvalue weighted by atomic mass is 9.95. The highest BCUT2D eigenvalue weighted by Gasteiger charge is 2.46. The molecule has 0 radical (unpaired) electrons. The first-order valence-corrected chi connectivity index (χ1v) is 9.76. The standard InChI is InChI=1S/C25H19NO6/c1-32-19-13-9-16(10-14-19)22(27)20-21(15-5-3-2-4-6-15)26(24(29)23(20)28)18-11-7-17(8-12-18)25(30)31/h2-14,21,27H,1H3,(H,30,31)/b22-20+/t21-/m0/s1. The monoisotopic (exact) mass is 429 g/mol. The van der Waals surface area contributed by atoms with Gasteiger partial charge in [-0.2, -0.15) is 0 Å². The van der Waals surface area contributed by atoms with E-state index >= 15 is 0 Å². The zero-order valence-electron chi connectivity index (χ0n) is 17.1. The van der Waals surface area contributed by atoms with Gasteiger partial charge >= 0.3 is 5.97 Å². The predicted molar refractivity (Wildman–Crippen MR) is 118 cm³/mol. The van der Waals surface area contributed by atoms with Crippen LogP contribution in [0.4, 0.5) is 5.69 Å². The Kier molecular flexibility index (Phi) is 5.47. The molecule has 3 aromatic carbocycles. The number of benzene rings is 3. The van der Waals surface area contributed by atoms with Crippen LogP contribution in [0.1, 0.15) is 27.5 Å². The van der Waals surface area contributed by atoms with Crippen molar-refractivity contribution >= 4 is 29.1 Å². The van der Waals surface area contributed by atoms with Crippen molar-refractivity contribution in [1.82, 2.24) is 0 Å². The molecular weight excluding hydrogens is 410 g/mol. The fourth-order valence-corrected chi connectivity index (χ4v) is 3.72. The summed E-state index contributed by atoms with van der Waals surface area (Å²) in [5.41, 5.74) is 1.35. The van der Waals surface area contributed by atoms with Gasteiger partial charge in [-0.15, -0.1) is 0 Å². The molecule has 1 amide bonds. The quantitative estimate of drug-likeness (QED) is 0.361. The summed E-state index contributed by atoms with van der Waals surface area (Å²) in [6, 6.07) is 20.2. The first kappa shape index (κ1) is 20.9. The molecular formula is C25H19NO6. The molecule has 4 rings (SSSR count). The maximum absolute atomic E-state index is 13.1. The lowest BCUT2D eigenvalue weighted by Crippen LogP contribution is -2.29. The van der Waals surface area contributed by atoms with Gasteiger partial charge in [-0.1, -0.05) is 30.3 Å². The van der Waals surface area contributed by atoms with Crippen molar-refractivity contribution in [3.63, 3.8) is 0 Å². The Morgan fingerprint density at radius 3 is 2.00 bits per heavy atom. The predicted octanol–water partition coefficient (Wildman–Crippen LogP) is 4.02. The van der Waals surface area contributed by atoms with Crippen LogP contribution in [0.3, 0.4) is 0 Å². The number of aromatic carboxylic acids is 1. The van der Waals surface area contributed by atoms with Crippen molar-refractivity contribution in [3.8, 4) is 5.75 Å². The molecule has 1 aliphatic heterocycles. The number of amides is 1. The molecule has 2 N–H and O–H groups in total. The number of ether oxygens (including phenoxy) is 1. The van der Waals surface area contributed by atoms with Crippen molar-refractivity contribution in [2.45, 2.75) is 6.04 Å². The fraction of sp³-hybridized carbons (Fsp3) is 0.0800. The number of nitrogens with zero attached hydrogens (tertiary/aromatic N) is 1. The maximum Gasteiger partial charge on any atom is 0.335 e. The third-order valence-corrected chi connectivity index (χ3v) is 5.32. The van der Waals surface area contributed by atoms with E-state index in [1.165, 1.54) is 36.3 Å². The number of carboxylic acid groups (broad SMARTS) is 1.